The molecule has 0 amide bonds. The number of aromatic nitrogens is 2. The standard InChI is InChI=1S/C15H19N3/c1-11-7-12(8-16-14-4-5-14)3-6-15(11)13-9-17-18(2)10-13/h3,6-7,9-10,14,16H,4-5,8H2,1-2H3. The Hall–Kier alpha value is -1.61. The Bertz CT molecular complexity index is 553. The molecule has 1 N–H and O–H groups in total. The van der Waals surface area contributed by atoms with E-state index in [0.29, 0.717) is 0 Å². The van der Waals surface area contributed by atoms with E-state index in [4.69, 9.17) is 0 Å². The molecule has 0 atom stereocenters. The van der Waals surface area contributed by atoms with Gasteiger partial charge in [0.25, 0.3) is 0 Å². The minimum absolute atomic E-state index is 0.767. The van der Waals surface area contributed by atoms with E-state index < -0.39 is 0 Å². The molecule has 0 bridgehead atoms. The van der Waals surface area contributed by atoms with E-state index in [1.165, 1.54) is 35.1 Å². The molecule has 1 aromatic carbocycles. The first-order valence-electron chi connectivity index (χ1n) is 6.54. The zero-order valence-electron chi connectivity index (χ0n) is 11.0. The van der Waals surface area contributed by atoms with Crippen LogP contribution in [-0.2, 0) is 13.6 Å². The summed E-state index contributed by atoms with van der Waals surface area (Å²) in [5, 5.41) is 7.78. The zero-order chi connectivity index (χ0) is 12.5. The highest BCUT2D eigenvalue weighted by Crippen LogP contribution is 2.24. The highest BCUT2D eigenvalue weighted by atomic mass is 15.2. The fraction of sp³-hybridized carbons (Fsp3) is 0.400. The van der Waals surface area contributed by atoms with Crippen molar-refractivity contribution in [1.82, 2.24) is 15.1 Å². The van der Waals surface area contributed by atoms with Crippen LogP contribution in [-0.4, -0.2) is 15.8 Å². The number of hydrogen-bond donors (Lipinski definition) is 1. The molecule has 1 saturated carbocycles. The van der Waals surface area contributed by atoms with Crippen molar-refractivity contribution in [3.8, 4) is 11.1 Å². The van der Waals surface area contributed by atoms with Gasteiger partial charge in [-0.25, -0.2) is 0 Å². The smallest absolute Gasteiger partial charge is 0.0568 e. The fourth-order valence-electron chi connectivity index (χ4n) is 2.27. The predicted molar refractivity (Wildman–Crippen MR) is 73.2 cm³/mol. The van der Waals surface area contributed by atoms with Gasteiger partial charge < -0.3 is 5.32 Å². The minimum atomic E-state index is 0.767. The molecule has 1 aliphatic carbocycles. The zero-order valence-corrected chi connectivity index (χ0v) is 11.0. The molecule has 94 valence electrons. The van der Waals surface area contributed by atoms with Crippen molar-refractivity contribution < 1.29 is 0 Å². The van der Waals surface area contributed by atoms with Gasteiger partial charge in [-0.05, 0) is 36.5 Å². The molecule has 3 rings (SSSR count). The third-order valence-electron chi connectivity index (χ3n) is 3.48. The third-order valence-corrected chi connectivity index (χ3v) is 3.48. The van der Waals surface area contributed by atoms with Gasteiger partial charge in [0, 0.05) is 31.4 Å². The second kappa shape index (κ2) is 4.58. The number of hydrogen-bond acceptors (Lipinski definition) is 2. The molecule has 0 saturated heterocycles. The van der Waals surface area contributed by atoms with Crippen LogP contribution in [0.3, 0.4) is 0 Å². The number of nitrogens with zero attached hydrogens (tertiary/aromatic N) is 2. The Labute approximate surface area is 108 Å². The topological polar surface area (TPSA) is 29.9 Å². The lowest BCUT2D eigenvalue weighted by Crippen LogP contribution is -2.15. The first-order valence-corrected chi connectivity index (χ1v) is 6.54. The molecule has 1 aliphatic rings. The molecule has 2 aromatic rings. The molecule has 3 nitrogen and oxygen atoms in total. The Kier molecular flexibility index (Phi) is 2.92. The van der Waals surface area contributed by atoms with Crippen LogP contribution in [0.25, 0.3) is 11.1 Å². The molecule has 1 heterocycles. The summed E-state index contributed by atoms with van der Waals surface area (Å²) in [4.78, 5) is 0. The van der Waals surface area contributed by atoms with Crippen LogP contribution in [0.2, 0.25) is 0 Å². The molecule has 3 heteroatoms. The number of aryl methyl sites for hydroxylation is 2. The van der Waals surface area contributed by atoms with Gasteiger partial charge in [0.05, 0.1) is 6.20 Å². The van der Waals surface area contributed by atoms with Crippen LogP contribution < -0.4 is 5.32 Å². The lowest BCUT2D eigenvalue weighted by Gasteiger charge is -2.08. The average molecular weight is 241 g/mol. The molecular formula is C15H19N3. The van der Waals surface area contributed by atoms with Crippen molar-refractivity contribution in [1.29, 1.82) is 0 Å². The fourth-order valence-corrected chi connectivity index (χ4v) is 2.27. The molecule has 0 spiro atoms. The molecule has 0 radical (unpaired) electrons. The molecule has 1 aromatic heterocycles. The maximum atomic E-state index is 4.23. The Morgan fingerprint density at radius 2 is 2.22 bits per heavy atom. The Balaban J connectivity index is 1.79. The summed E-state index contributed by atoms with van der Waals surface area (Å²) in [6.45, 7) is 3.15. The van der Waals surface area contributed by atoms with E-state index in [-0.39, 0.29) is 0 Å². The van der Waals surface area contributed by atoms with Crippen LogP contribution in [0.1, 0.15) is 24.0 Å². The van der Waals surface area contributed by atoms with Crippen LogP contribution in [0.4, 0.5) is 0 Å². The van der Waals surface area contributed by atoms with Gasteiger partial charge in [-0.1, -0.05) is 18.2 Å². The molecule has 0 aliphatic heterocycles. The summed E-state index contributed by atoms with van der Waals surface area (Å²) < 4.78 is 1.84. The summed E-state index contributed by atoms with van der Waals surface area (Å²) in [5.74, 6) is 0. The molecule has 18 heavy (non-hydrogen) atoms. The van der Waals surface area contributed by atoms with Crippen molar-refractivity contribution in [2.45, 2.75) is 32.4 Å². The van der Waals surface area contributed by atoms with Crippen LogP contribution in [0.5, 0.6) is 0 Å². The van der Waals surface area contributed by atoms with Gasteiger partial charge in [-0.15, -0.1) is 0 Å². The van der Waals surface area contributed by atoms with Crippen LogP contribution >= 0.6 is 0 Å². The van der Waals surface area contributed by atoms with Gasteiger partial charge >= 0.3 is 0 Å². The highest BCUT2D eigenvalue weighted by Gasteiger charge is 2.19. The second-order valence-corrected chi connectivity index (χ2v) is 5.21. The quantitative estimate of drug-likeness (QED) is 0.892. The van der Waals surface area contributed by atoms with Gasteiger partial charge in [0.1, 0.15) is 0 Å². The normalized spacial score (nSPS) is 15.0. The van der Waals surface area contributed by atoms with E-state index in [2.05, 4.69) is 41.7 Å². The number of benzene rings is 1. The van der Waals surface area contributed by atoms with E-state index in [9.17, 15) is 0 Å². The van der Waals surface area contributed by atoms with E-state index >= 15 is 0 Å². The van der Waals surface area contributed by atoms with Crippen molar-refractivity contribution in [2.24, 2.45) is 7.05 Å². The van der Waals surface area contributed by atoms with E-state index in [0.717, 1.165) is 12.6 Å². The minimum Gasteiger partial charge on any atom is -0.310 e. The average Bonchev–Trinajstić information content (AvgIpc) is 3.09. The summed E-state index contributed by atoms with van der Waals surface area (Å²) >= 11 is 0. The summed E-state index contributed by atoms with van der Waals surface area (Å²) in [5.41, 5.74) is 5.15. The number of nitrogens with one attached hydrogen (secondary N) is 1. The Morgan fingerprint density at radius 3 is 2.83 bits per heavy atom. The first-order chi connectivity index (χ1) is 8.72. The van der Waals surface area contributed by atoms with Crippen molar-refractivity contribution >= 4 is 0 Å². The van der Waals surface area contributed by atoms with Gasteiger partial charge in [0.15, 0.2) is 0 Å². The summed E-state index contributed by atoms with van der Waals surface area (Å²) in [7, 11) is 1.95. The van der Waals surface area contributed by atoms with Crippen LogP contribution in [0.15, 0.2) is 30.6 Å². The predicted octanol–water partition coefficient (Wildman–Crippen LogP) is 2.65. The molecule has 0 unspecified atom stereocenters. The summed E-state index contributed by atoms with van der Waals surface area (Å²) in [6, 6.07) is 7.46. The monoisotopic (exact) mass is 241 g/mol. The molecular weight excluding hydrogens is 222 g/mol. The lowest BCUT2D eigenvalue weighted by atomic mass is 10.0. The molecule has 1 fully saturated rings. The van der Waals surface area contributed by atoms with E-state index in [1.54, 1.807) is 0 Å². The third kappa shape index (κ3) is 2.46. The van der Waals surface area contributed by atoms with Crippen LogP contribution in [0, 0.1) is 6.92 Å². The van der Waals surface area contributed by atoms with Gasteiger partial charge in [0.2, 0.25) is 0 Å². The Morgan fingerprint density at radius 1 is 1.39 bits per heavy atom. The van der Waals surface area contributed by atoms with Crippen molar-refractivity contribution in [3.05, 3.63) is 41.7 Å². The highest BCUT2D eigenvalue weighted by molar-refractivity contribution is 5.66. The number of rotatable bonds is 4. The maximum absolute atomic E-state index is 4.23. The SMILES string of the molecule is Cc1cc(CNC2CC2)ccc1-c1cnn(C)c1. The largest absolute Gasteiger partial charge is 0.310 e. The lowest BCUT2D eigenvalue weighted by molar-refractivity contribution is 0.687. The van der Waals surface area contributed by atoms with Gasteiger partial charge in [-0.3, -0.25) is 4.68 Å². The van der Waals surface area contributed by atoms with Gasteiger partial charge in [-0.2, -0.15) is 5.10 Å². The maximum Gasteiger partial charge on any atom is 0.0568 e. The van der Waals surface area contributed by atoms with Crippen molar-refractivity contribution in [3.63, 3.8) is 0 Å². The van der Waals surface area contributed by atoms with Crippen molar-refractivity contribution in [2.75, 3.05) is 0 Å². The summed E-state index contributed by atoms with van der Waals surface area (Å²) in [6.07, 6.45) is 6.66. The second-order valence-electron chi connectivity index (χ2n) is 5.21. The van der Waals surface area contributed by atoms with E-state index in [1.807, 2.05) is 17.9 Å². The first kappa shape index (κ1) is 11.5.